The smallest absolute Gasteiger partial charge is 0.407 e. The topological polar surface area (TPSA) is 97.2 Å². The summed E-state index contributed by atoms with van der Waals surface area (Å²) < 4.78 is 10.5. The van der Waals surface area contributed by atoms with E-state index in [4.69, 9.17) is 14.3 Å². The van der Waals surface area contributed by atoms with Crippen molar-refractivity contribution in [2.75, 3.05) is 20.3 Å². The number of nitrogens with one attached hydrogen (secondary N) is 1. The molecule has 0 unspecified atom stereocenters. The lowest BCUT2D eigenvalue weighted by molar-refractivity contribution is -0.0980. The summed E-state index contributed by atoms with van der Waals surface area (Å²) in [4.78, 5) is 18.9. The van der Waals surface area contributed by atoms with E-state index in [1.807, 2.05) is 49.3 Å². The number of rotatable bonds is 8. The third-order valence-corrected chi connectivity index (χ3v) is 4.80. The molecule has 0 fully saturated rings. The second kappa shape index (κ2) is 20.6. The maximum atomic E-state index is 10.9. The van der Waals surface area contributed by atoms with Gasteiger partial charge in [0.2, 0.25) is 0 Å². The number of nitrogens with zero attached hydrogens (tertiary/aromatic N) is 1. The molecule has 7 heteroatoms. The van der Waals surface area contributed by atoms with Gasteiger partial charge in [-0.25, -0.2) is 4.79 Å². The lowest BCUT2D eigenvalue weighted by Gasteiger charge is -2.06. The van der Waals surface area contributed by atoms with Gasteiger partial charge in [0.15, 0.2) is 0 Å². The number of hydrogen-bond donors (Lipinski definition) is 2. The fourth-order valence-corrected chi connectivity index (χ4v) is 3.20. The van der Waals surface area contributed by atoms with Gasteiger partial charge in [-0.15, -0.1) is 0 Å². The Morgan fingerprint density at radius 1 is 0.946 bits per heavy atom. The van der Waals surface area contributed by atoms with Crippen molar-refractivity contribution < 1.29 is 24.3 Å². The van der Waals surface area contributed by atoms with Gasteiger partial charge in [0.1, 0.15) is 31.5 Å². The molecule has 2 aromatic rings. The molecule has 0 aliphatic heterocycles. The molecular weight excluding hydrogens is 468 g/mol. The lowest BCUT2D eigenvalue weighted by atomic mass is 10.1. The van der Waals surface area contributed by atoms with Crippen LogP contribution in [0.4, 0.5) is 4.79 Å². The average Bonchev–Trinajstić information content (AvgIpc) is 3.23. The number of oxime groups is 1. The molecule has 3 rings (SSSR count). The van der Waals surface area contributed by atoms with Gasteiger partial charge >= 0.3 is 6.09 Å². The summed E-state index contributed by atoms with van der Waals surface area (Å²) in [6.45, 7) is 13.5. The van der Waals surface area contributed by atoms with E-state index in [0.717, 1.165) is 28.2 Å². The largest absolute Gasteiger partial charge is 0.490 e. The average molecular weight is 513 g/mol. The van der Waals surface area contributed by atoms with Crippen molar-refractivity contribution in [2.45, 2.75) is 60.3 Å². The van der Waals surface area contributed by atoms with Crippen molar-refractivity contribution in [2.24, 2.45) is 11.1 Å². The number of ether oxygens (including phenoxy) is 2. The highest BCUT2D eigenvalue weighted by Crippen LogP contribution is 2.38. The first-order chi connectivity index (χ1) is 17.9. The number of alkyl carbamates (subject to hydrolysis) is 1. The summed E-state index contributed by atoms with van der Waals surface area (Å²) in [6, 6.07) is 13.5. The normalized spacial score (nSPS) is 11.7. The maximum absolute atomic E-state index is 10.9. The molecule has 1 aliphatic rings. The molecule has 37 heavy (non-hydrogen) atoms. The number of carbonyl (C=O) groups is 2. The molecule has 7 nitrogen and oxygen atoms in total. The van der Waals surface area contributed by atoms with Gasteiger partial charge in [-0.1, -0.05) is 89.7 Å². The Morgan fingerprint density at radius 2 is 1.49 bits per heavy atom. The standard InChI is InChI=1S/C19H18N2O4.C6H14.C4H10.CH2O/c1-20-19(22)25-11-5-4-10-24-13-8-9-15-14-6-2-3-7-16(14)18(21-23)17(15)12-13;1-3-5-6-4-2;1-4(2)3;1-2/h2-9,12,23H,10-11H2,1H3,(H,20,22);3-6H2,1-2H3;4H,1-3H3;1H2/b5-4-,21-18+;;;. The van der Waals surface area contributed by atoms with E-state index in [-0.39, 0.29) is 6.61 Å². The van der Waals surface area contributed by atoms with Crippen LogP contribution >= 0.6 is 0 Å². The van der Waals surface area contributed by atoms with Crippen molar-refractivity contribution in [3.63, 3.8) is 0 Å². The minimum Gasteiger partial charge on any atom is -0.490 e. The molecule has 0 spiro atoms. The molecule has 0 atom stereocenters. The van der Waals surface area contributed by atoms with Crippen LogP contribution < -0.4 is 10.1 Å². The fraction of sp³-hybridized carbons (Fsp3) is 0.433. The Labute approximate surface area is 222 Å². The van der Waals surface area contributed by atoms with E-state index in [2.05, 4.69) is 45.1 Å². The third-order valence-electron chi connectivity index (χ3n) is 4.80. The number of carbonyl (C=O) groups excluding carboxylic acids is 2. The van der Waals surface area contributed by atoms with E-state index in [0.29, 0.717) is 18.1 Å². The molecule has 204 valence electrons. The summed E-state index contributed by atoms with van der Waals surface area (Å²) in [6.07, 6.45) is 8.54. The lowest BCUT2D eigenvalue weighted by Crippen LogP contribution is -2.19. The van der Waals surface area contributed by atoms with E-state index in [1.165, 1.54) is 32.7 Å². The van der Waals surface area contributed by atoms with Crippen LogP contribution in [0.3, 0.4) is 0 Å². The fourth-order valence-electron chi connectivity index (χ4n) is 3.20. The molecule has 0 aromatic heterocycles. The first-order valence-corrected chi connectivity index (χ1v) is 12.8. The molecule has 0 bridgehead atoms. The molecule has 0 heterocycles. The van der Waals surface area contributed by atoms with Crippen LogP contribution in [0.5, 0.6) is 5.75 Å². The van der Waals surface area contributed by atoms with E-state index in [9.17, 15) is 10.0 Å². The van der Waals surface area contributed by atoms with Crippen LogP contribution in [0.15, 0.2) is 59.8 Å². The van der Waals surface area contributed by atoms with Crippen LogP contribution in [0.2, 0.25) is 0 Å². The second-order valence-corrected chi connectivity index (χ2v) is 8.77. The van der Waals surface area contributed by atoms with Crippen LogP contribution in [0, 0.1) is 5.92 Å². The van der Waals surface area contributed by atoms with Crippen molar-refractivity contribution in [1.82, 2.24) is 5.32 Å². The Kier molecular flexibility index (Phi) is 18.6. The number of fused-ring (bicyclic) bond motifs is 3. The molecule has 0 saturated carbocycles. The zero-order chi connectivity index (χ0) is 28.1. The minimum absolute atomic E-state index is 0.184. The van der Waals surface area contributed by atoms with E-state index in [1.54, 1.807) is 12.2 Å². The maximum Gasteiger partial charge on any atom is 0.407 e. The number of hydrogen-bond acceptors (Lipinski definition) is 6. The predicted octanol–water partition coefficient (Wildman–Crippen LogP) is 7.25. The Balaban J connectivity index is 0.000000911. The molecule has 2 aromatic carbocycles. The van der Waals surface area contributed by atoms with Crippen molar-refractivity contribution in [3.8, 4) is 16.9 Å². The van der Waals surface area contributed by atoms with Crippen molar-refractivity contribution >= 4 is 18.6 Å². The summed E-state index contributed by atoms with van der Waals surface area (Å²) in [5.74, 6) is 1.50. The van der Waals surface area contributed by atoms with Gasteiger partial charge in [0.05, 0.1) is 0 Å². The van der Waals surface area contributed by atoms with Crippen molar-refractivity contribution in [3.05, 3.63) is 65.7 Å². The minimum atomic E-state index is -0.473. The Morgan fingerprint density at radius 3 is 2.03 bits per heavy atom. The quantitative estimate of drug-likeness (QED) is 0.143. The first kappa shape index (κ1) is 33.4. The molecule has 0 radical (unpaired) electrons. The molecule has 2 N–H and O–H groups in total. The summed E-state index contributed by atoms with van der Waals surface area (Å²) in [7, 11) is 1.51. The number of benzene rings is 2. The van der Waals surface area contributed by atoms with Crippen LogP contribution in [-0.4, -0.2) is 44.1 Å². The van der Waals surface area contributed by atoms with Gasteiger partial charge in [0.25, 0.3) is 0 Å². The summed E-state index contributed by atoms with van der Waals surface area (Å²) >= 11 is 0. The monoisotopic (exact) mass is 512 g/mol. The van der Waals surface area contributed by atoms with Crippen LogP contribution in [0.1, 0.15) is 71.4 Å². The van der Waals surface area contributed by atoms with Crippen molar-refractivity contribution in [1.29, 1.82) is 0 Å². The van der Waals surface area contributed by atoms with E-state index >= 15 is 0 Å². The van der Waals surface area contributed by atoms with Crippen LogP contribution in [0.25, 0.3) is 11.1 Å². The predicted molar refractivity (Wildman–Crippen MR) is 152 cm³/mol. The number of amides is 1. The van der Waals surface area contributed by atoms with Gasteiger partial charge in [-0.2, -0.15) is 0 Å². The van der Waals surface area contributed by atoms with Gasteiger partial charge in [0, 0.05) is 18.2 Å². The number of unbranched alkanes of at least 4 members (excludes halogenated alkanes) is 3. The summed E-state index contributed by atoms with van der Waals surface area (Å²) in [5.41, 5.74) is 4.36. The van der Waals surface area contributed by atoms with Crippen LogP contribution in [-0.2, 0) is 9.53 Å². The zero-order valence-electron chi connectivity index (χ0n) is 23.3. The molecule has 1 amide bonds. The third kappa shape index (κ3) is 12.8. The molecule has 1 aliphatic carbocycles. The zero-order valence-corrected chi connectivity index (χ0v) is 23.3. The summed E-state index contributed by atoms with van der Waals surface area (Å²) in [5, 5.41) is 15.2. The second-order valence-electron chi connectivity index (χ2n) is 8.77. The van der Waals surface area contributed by atoms with Gasteiger partial charge in [-0.05, 0) is 47.4 Å². The SMILES string of the molecule is C=O.CC(C)C.CCCCCC.CNC(=O)OC/C=C\COc1ccc2c(c1)/C(=N/O)c1ccccc1-2. The van der Waals surface area contributed by atoms with Gasteiger partial charge in [-0.3, -0.25) is 0 Å². The van der Waals surface area contributed by atoms with Gasteiger partial charge < -0.3 is 24.8 Å². The highest BCUT2D eigenvalue weighted by atomic mass is 16.5. The molecular formula is C30H44N2O5. The highest BCUT2D eigenvalue weighted by molar-refractivity contribution is 6.24. The van der Waals surface area contributed by atoms with E-state index < -0.39 is 6.09 Å². The first-order valence-electron chi connectivity index (χ1n) is 12.8. The Hall–Kier alpha value is -3.61. The Bertz CT molecular complexity index is 963. The molecule has 0 saturated heterocycles. The highest BCUT2D eigenvalue weighted by Gasteiger charge is 2.25.